The van der Waals surface area contributed by atoms with Crippen LogP contribution < -0.4 is 11.3 Å². The summed E-state index contributed by atoms with van der Waals surface area (Å²) in [5.74, 6) is 6.15. The van der Waals surface area contributed by atoms with Crippen molar-refractivity contribution < 1.29 is 0 Å². The van der Waals surface area contributed by atoms with Gasteiger partial charge in [-0.3, -0.25) is 10.8 Å². The van der Waals surface area contributed by atoms with E-state index >= 15 is 0 Å². The highest BCUT2D eigenvalue weighted by Gasteiger charge is 2.10. The number of nitrogens with one attached hydrogen (secondary N) is 1. The molecule has 0 aliphatic heterocycles. The molecule has 1 aromatic heterocycles. The molecule has 0 bridgehead atoms. The van der Waals surface area contributed by atoms with Crippen molar-refractivity contribution in [3.05, 3.63) is 34.5 Å². The Morgan fingerprint density at radius 1 is 1.39 bits per heavy atom. The molecule has 0 spiro atoms. The molecule has 0 unspecified atom stereocenters. The van der Waals surface area contributed by atoms with E-state index in [1.54, 1.807) is 0 Å². The van der Waals surface area contributed by atoms with E-state index in [0.29, 0.717) is 5.92 Å². The molecule has 2 aromatic rings. The molecule has 1 aromatic carbocycles. The number of nitrogens with zero attached hydrogens (tertiary/aromatic N) is 1. The van der Waals surface area contributed by atoms with Gasteiger partial charge in [0, 0.05) is 16.1 Å². The molecular formula is C14H18ClN3. The van der Waals surface area contributed by atoms with E-state index in [1.165, 1.54) is 0 Å². The second kappa shape index (κ2) is 5.12. The molecule has 0 fully saturated rings. The summed E-state index contributed by atoms with van der Waals surface area (Å²) in [6.45, 7) is 6.33. The summed E-state index contributed by atoms with van der Waals surface area (Å²) in [7, 11) is 0. The number of hydrogen-bond acceptors (Lipinski definition) is 3. The minimum Gasteiger partial charge on any atom is -0.323 e. The highest BCUT2D eigenvalue weighted by Crippen LogP contribution is 2.29. The predicted molar refractivity (Wildman–Crippen MR) is 77.8 cm³/mol. The van der Waals surface area contributed by atoms with Crippen LogP contribution in [-0.4, -0.2) is 4.98 Å². The van der Waals surface area contributed by atoms with Gasteiger partial charge in [0.25, 0.3) is 0 Å². The number of anilines is 1. The molecule has 96 valence electrons. The lowest BCUT2D eigenvalue weighted by molar-refractivity contribution is 0.637. The van der Waals surface area contributed by atoms with Crippen LogP contribution in [0, 0.1) is 12.8 Å². The van der Waals surface area contributed by atoms with Crippen LogP contribution in [0.4, 0.5) is 5.69 Å². The lowest BCUT2D eigenvalue weighted by Gasteiger charge is -2.12. The van der Waals surface area contributed by atoms with Crippen molar-refractivity contribution in [1.82, 2.24) is 4.98 Å². The number of aryl methyl sites for hydroxylation is 1. The van der Waals surface area contributed by atoms with Gasteiger partial charge in [-0.2, -0.15) is 0 Å². The van der Waals surface area contributed by atoms with Gasteiger partial charge in [-0.25, -0.2) is 0 Å². The van der Waals surface area contributed by atoms with Gasteiger partial charge in [0.1, 0.15) is 0 Å². The minimum absolute atomic E-state index is 0.556. The molecule has 4 heteroatoms. The van der Waals surface area contributed by atoms with Gasteiger partial charge < -0.3 is 5.43 Å². The Morgan fingerprint density at radius 3 is 2.72 bits per heavy atom. The molecule has 0 aliphatic rings. The zero-order valence-corrected chi connectivity index (χ0v) is 11.7. The van der Waals surface area contributed by atoms with Crippen molar-refractivity contribution in [1.29, 1.82) is 0 Å². The van der Waals surface area contributed by atoms with Crippen LogP contribution in [0.5, 0.6) is 0 Å². The Hall–Kier alpha value is -1.32. The second-order valence-corrected chi connectivity index (χ2v) is 5.38. The Balaban J connectivity index is 2.68. The van der Waals surface area contributed by atoms with E-state index in [4.69, 9.17) is 22.4 Å². The highest BCUT2D eigenvalue weighted by atomic mass is 35.5. The lowest BCUT2D eigenvalue weighted by atomic mass is 10.0. The number of nitrogen functional groups attached to an aromatic ring is 1. The average Bonchev–Trinajstić information content (AvgIpc) is 2.32. The lowest BCUT2D eigenvalue weighted by Crippen LogP contribution is -2.09. The molecule has 1 heterocycles. The number of aromatic nitrogens is 1. The summed E-state index contributed by atoms with van der Waals surface area (Å²) in [6.07, 6.45) is 0.927. The fourth-order valence-electron chi connectivity index (χ4n) is 2.10. The van der Waals surface area contributed by atoms with Gasteiger partial charge >= 0.3 is 0 Å². The van der Waals surface area contributed by atoms with Gasteiger partial charge in [0.15, 0.2) is 0 Å². The predicted octanol–water partition coefficient (Wildman–Crippen LogP) is 3.68. The number of hydrazine groups is 1. The van der Waals surface area contributed by atoms with Crippen molar-refractivity contribution in [3.8, 4) is 0 Å². The average molecular weight is 264 g/mol. The number of hydrogen-bond donors (Lipinski definition) is 2. The van der Waals surface area contributed by atoms with Gasteiger partial charge in [0.2, 0.25) is 0 Å². The molecule has 3 nitrogen and oxygen atoms in total. The maximum absolute atomic E-state index is 6.15. The second-order valence-electron chi connectivity index (χ2n) is 4.97. The van der Waals surface area contributed by atoms with Crippen LogP contribution in [0.3, 0.4) is 0 Å². The van der Waals surface area contributed by atoms with Crippen molar-refractivity contribution in [2.45, 2.75) is 27.2 Å². The van der Waals surface area contributed by atoms with Gasteiger partial charge in [-0.1, -0.05) is 25.4 Å². The Labute approximate surface area is 112 Å². The largest absolute Gasteiger partial charge is 0.323 e. The molecule has 2 rings (SSSR count). The van der Waals surface area contributed by atoms with Crippen molar-refractivity contribution in [2.75, 3.05) is 5.43 Å². The number of benzene rings is 1. The van der Waals surface area contributed by atoms with Crippen LogP contribution in [-0.2, 0) is 6.42 Å². The molecule has 0 amide bonds. The molecule has 0 saturated carbocycles. The third kappa shape index (κ3) is 2.42. The van der Waals surface area contributed by atoms with E-state index in [0.717, 1.165) is 39.3 Å². The summed E-state index contributed by atoms with van der Waals surface area (Å²) in [4.78, 5) is 4.70. The first-order valence-corrected chi connectivity index (χ1v) is 6.46. The molecule has 0 radical (unpaired) electrons. The first kappa shape index (κ1) is 13.1. The van der Waals surface area contributed by atoms with Gasteiger partial charge in [0.05, 0.1) is 11.2 Å². The molecular weight excluding hydrogens is 246 g/mol. The number of halogens is 1. The van der Waals surface area contributed by atoms with Crippen molar-refractivity contribution in [3.63, 3.8) is 0 Å². The van der Waals surface area contributed by atoms with Gasteiger partial charge in [-0.15, -0.1) is 0 Å². The molecule has 0 saturated heterocycles. The molecule has 0 aliphatic carbocycles. The van der Waals surface area contributed by atoms with Crippen LogP contribution in [0.1, 0.15) is 25.1 Å². The Bertz CT molecular complexity index is 579. The van der Waals surface area contributed by atoms with Crippen LogP contribution >= 0.6 is 11.6 Å². The molecule has 18 heavy (non-hydrogen) atoms. The maximum atomic E-state index is 6.15. The normalized spacial score (nSPS) is 11.2. The van der Waals surface area contributed by atoms with Gasteiger partial charge in [-0.05, 0) is 43.0 Å². The van der Waals surface area contributed by atoms with Crippen molar-refractivity contribution >= 4 is 28.2 Å². The third-order valence-corrected chi connectivity index (χ3v) is 3.40. The summed E-state index contributed by atoms with van der Waals surface area (Å²) >= 11 is 6.15. The number of pyridine rings is 1. The van der Waals surface area contributed by atoms with Crippen LogP contribution in [0.15, 0.2) is 18.2 Å². The third-order valence-electron chi connectivity index (χ3n) is 2.99. The summed E-state index contributed by atoms with van der Waals surface area (Å²) < 4.78 is 0. The number of fused-ring (bicyclic) bond motifs is 1. The highest BCUT2D eigenvalue weighted by molar-refractivity contribution is 6.32. The molecule has 3 N–H and O–H groups in total. The standard InChI is InChI=1S/C14H18ClN3/c1-8(2)6-10-7-13(18-16)11-4-5-12(15)9(3)14(11)17-10/h4-5,7-8H,6,16H2,1-3H3,(H,17,18). The summed E-state index contributed by atoms with van der Waals surface area (Å²) in [5, 5.41) is 1.74. The zero-order chi connectivity index (χ0) is 13.3. The smallest absolute Gasteiger partial charge is 0.0770 e. The zero-order valence-electron chi connectivity index (χ0n) is 10.9. The van der Waals surface area contributed by atoms with Crippen molar-refractivity contribution in [2.24, 2.45) is 11.8 Å². The first-order chi connectivity index (χ1) is 8.52. The monoisotopic (exact) mass is 263 g/mol. The summed E-state index contributed by atoms with van der Waals surface area (Å²) in [5.41, 5.74) is 6.60. The fourth-order valence-corrected chi connectivity index (χ4v) is 2.25. The van der Waals surface area contributed by atoms with E-state index in [1.807, 2.05) is 25.1 Å². The fraction of sp³-hybridized carbons (Fsp3) is 0.357. The SMILES string of the molecule is Cc1c(Cl)ccc2c(NN)cc(CC(C)C)nc12. The number of nitrogens with two attached hydrogens (primary N) is 1. The maximum Gasteiger partial charge on any atom is 0.0770 e. The minimum atomic E-state index is 0.556. The summed E-state index contributed by atoms with van der Waals surface area (Å²) in [6, 6.07) is 5.84. The quantitative estimate of drug-likeness (QED) is 0.656. The number of rotatable bonds is 3. The first-order valence-electron chi connectivity index (χ1n) is 6.08. The van der Waals surface area contributed by atoms with E-state index in [9.17, 15) is 0 Å². The Kier molecular flexibility index (Phi) is 3.73. The van der Waals surface area contributed by atoms with E-state index < -0.39 is 0 Å². The Morgan fingerprint density at radius 2 is 2.11 bits per heavy atom. The van der Waals surface area contributed by atoms with E-state index in [2.05, 4.69) is 19.3 Å². The molecule has 0 atom stereocenters. The van der Waals surface area contributed by atoms with Crippen LogP contribution in [0.2, 0.25) is 5.02 Å². The van der Waals surface area contributed by atoms with E-state index in [-0.39, 0.29) is 0 Å². The topological polar surface area (TPSA) is 50.9 Å². The van der Waals surface area contributed by atoms with Crippen LogP contribution in [0.25, 0.3) is 10.9 Å².